The third kappa shape index (κ3) is 7.00. The minimum atomic E-state index is -0.590. The fraction of sp³-hybridized carbons (Fsp3) is 0.286. The molecule has 0 spiro atoms. The minimum absolute atomic E-state index is 0.0873. The standard InChI is InChI=1S/C21H24N4O3/c1-21(2,3)28-20(27)23-12-11-19(26)25-17-10-9-15(14-22)13-18(17)24-16-7-5-4-6-8-16/h4-10,13,24H,11-12H2,1-3H3,(H,23,27)(H,25,26). The Bertz CT molecular complexity index is 867. The highest BCUT2D eigenvalue weighted by Crippen LogP contribution is 2.27. The summed E-state index contributed by atoms with van der Waals surface area (Å²) in [4.78, 5) is 23.9. The third-order valence-electron chi connectivity index (χ3n) is 3.50. The van der Waals surface area contributed by atoms with Crippen LogP contribution in [-0.4, -0.2) is 24.1 Å². The molecule has 0 heterocycles. The van der Waals surface area contributed by atoms with Gasteiger partial charge in [0.25, 0.3) is 0 Å². The Balaban J connectivity index is 1.98. The molecule has 28 heavy (non-hydrogen) atoms. The molecule has 2 aromatic carbocycles. The van der Waals surface area contributed by atoms with E-state index < -0.39 is 11.7 Å². The van der Waals surface area contributed by atoms with Gasteiger partial charge in [-0.1, -0.05) is 18.2 Å². The number of carbonyl (C=O) groups excluding carboxylic acids is 2. The van der Waals surface area contributed by atoms with E-state index in [1.54, 1.807) is 39.0 Å². The first-order valence-electron chi connectivity index (χ1n) is 8.90. The monoisotopic (exact) mass is 380 g/mol. The molecule has 146 valence electrons. The number of ether oxygens (including phenoxy) is 1. The molecule has 0 aromatic heterocycles. The van der Waals surface area contributed by atoms with Crippen LogP contribution in [0.1, 0.15) is 32.8 Å². The lowest BCUT2D eigenvalue weighted by atomic mass is 10.1. The van der Waals surface area contributed by atoms with Crippen molar-refractivity contribution in [3.8, 4) is 6.07 Å². The minimum Gasteiger partial charge on any atom is -0.444 e. The Hall–Kier alpha value is -3.53. The Morgan fingerprint density at radius 1 is 1.07 bits per heavy atom. The highest BCUT2D eigenvalue weighted by Gasteiger charge is 2.16. The average Bonchev–Trinajstić information content (AvgIpc) is 2.62. The van der Waals surface area contributed by atoms with Crippen molar-refractivity contribution < 1.29 is 14.3 Å². The van der Waals surface area contributed by atoms with Crippen molar-refractivity contribution in [2.45, 2.75) is 32.8 Å². The smallest absolute Gasteiger partial charge is 0.407 e. The summed E-state index contributed by atoms with van der Waals surface area (Å²) in [6.45, 7) is 5.46. The van der Waals surface area contributed by atoms with Gasteiger partial charge in [0, 0.05) is 18.7 Å². The Morgan fingerprint density at radius 3 is 2.43 bits per heavy atom. The molecule has 3 N–H and O–H groups in total. The lowest BCUT2D eigenvalue weighted by Crippen LogP contribution is -2.34. The van der Waals surface area contributed by atoms with E-state index in [1.807, 2.05) is 30.3 Å². The second kappa shape index (κ2) is 9.42. The van der Waals surface area contributed by atoms with Crippen LogP contribution < -0.4 is 16.0 Å². The lowest BCUT2D eigenvalue weighted by Gasteiger charge is -2.19. The highest BCUT2D eigenvalue weighted by molar-refractivity contribution is 5.95. The van der Waals surface area contributed by atoms with Crippen molar-refractivity contribution in [1.82, 2.24) is 5.32 Å². The number of para-hydroxylation sites is 1. The Labute approximate surface area is 164 Å². The van der Waals surface area contributed by atoms with E-state index in [0.29, 0.717) is 16.9 Å². The zero-order valence-corrected chi connectivity index (χ0v) is 16.2. The second-order valence-electron chi connectivity index (χ2n) is 7.09. The molecule has 0 aliphatic heterocycles. The number of nitrogens with one attached hydrogen (secondary N) is 3. The van der Waals surface area contributed by atoms with E-state index in [-0.39, 0.29) is 18.9 Å². The maximum absolute atomic E-state index is 12.2. The molecule has 0 bridgehead atoms. The molecule has 0 saturated heterocycles. The predicted octanol–water partition coefficient (Wildman–Crippen LogP) is 4.16. The molecule has 7 heteroatoms. The summed E-state index contributed by atoms with van der Waals surface area (Å²) in [6, 6.07) is 16.5. The van der Waals surface area contributed by atoms with Gasteiger partial charge in [0.05, 0.1) is 23.0 Å². The SMILES string of the molecule is CC(C)(C)OC(=O)NCCC(=O)Nc1ccc(C#N)cc1Nc1ccccc1. The first kappa shape index (κ1) is 20.8. The molecule has 0 atom stereocenters. The summed E-state index contributed by atoms with van der Waals surface area (Å²) in [5.74, 6) is -0.267. The topological polar surface area (TPSA) is 103 Å². The number of benzene rings is 2. The fourth-order valence-corrected chi connectivity index (χ4v) is 2.31. The van der Waals surface area contributed by atoms with Gasteiger partial charge in [0.2, 0.25) is 5.91 Å². The van der Waals surface area contributed by atoms with Gasteiger partial charge < -0.3 is 20.7 Å². The summed E-state index contributed by atoms with van der Waals surface area (Å²) in [6.07, 6.45) is -0.477. The van der Waals surface area contributed by atoms with Crippen molar-refractivity contribution >= 4 is 29.1 Å². The van der Waals surface area contributed by atoms with Gasteiger partial charge >= 0.3 is 6.09 Å². The van der Waals surface area contributed by atoms with Crippen molar-refractivity contribution in [2.24, 2.45) is 0 Å². The van der Waals surface area contributed by atoms with E-state index in [9.17, 15) is 9.59 Å². The number of anilines is 3. The maximum atomic E-state index is 12.2. The number of carbonyl (C=O) groups is 2. The largest absolute Gasteiger partial charge is 0.444 e. The van der Waals surface area contributed by atoms with Gasteiger partial charge in [-0.15, -0.1) is 0 Å². The molecule has 2 rings (SSSR count). The maximum Gasteiger partial charge on any atom is 0.407 e. The Morgan fingerprint density at radius 2 is 1.79 bits per heavy atom. The highest BCUT2D eigenvalue weighted by atomic mass is 16.6. The van der Waals surface area contributed by atoms with Crippen LogP contribution in [0.2, 0.25) is 0 Å². The van der Waals surface area contributed by atoms with Crippen molar-refractivity contribution in [2.75, 3.05) is 17.2 Å². The first-order valence-corrected chi connectivity index (χ1v) is 8.90. The summed E-state index contributed by atoms with van der Waals surface area (Å²) in [7, 11) is 0. The number of nitrogens with zero attached hydrogens (tertiary/aromatic N) is 1. The quantitative estimate of drug-likeness (QED) is 0.698. The number of rotatable bonds is 6. The zero-order valence-electron chi connectivity index (χ0n) is 16.2. The summed E-state index contributed by atoms with van der Waals surface area (Å²) < 4.78 is 5.13. The number of hydrogen-bond acceptors (Lipinski definition) is 5. The Kier molecular flexibility index (Phi) is 6.99. The molecule has 2 aromatic rings. The van der Waals surface area contributed by atoms with Crippen molar-refractivity contribution in [3.63, 3.8) is 0 Å². The second-order valence-corrected chi connectivity index (χ2v) is 7.09. The van der Waals surface area contributed by atoms with Crippen LogP contribution in [0.3, 0.4) is 0 Å². The molecule has 0 aliphatic rings. The predicted molar refractivity (Wildman–Crippen MR) is 108 cm³/mol. The summed E-state index contributed by atoms with van der Waals surface area (Å²) in [5.41, 5.74) is 1.87. The molecular weight excluding hydrogens is 356 g/mol. The van der Waals surface area contributed by atoms with Crippen LogP contribution in [0, 0.1) is 11.3 Å². The normalized spacial score (nSPS) is 10.5. The van der Waals surface area contributed by atoms with Crippen LogP contribution in [0.4, 0.5) is 21.9 Å². The van der Waals surface area contributed by atoms with Crippen molar-refractivity contribution in [1.29, 1.82) is 5.26 Å². The average molecular weight is 380 g/mol. The van der Waals surface area contributed by atoms with Gasteiger partial charge in [-0.05, 0) is 51.1 Å². The lowest BCUT2D eigenvalue weighted by molar-refractivity contribution is -0.116. The van der Waals surface area contributed by atoms with Crippen molar-refractivity contribution in [3.05, 3.63) is 54.1 Å². The van der Waals surface area contributed by atoms with E-state index in [2.05, 4.69) is 22.0 Å². The van der Waals surface area contributed by atoms with Crippen LogP contribution in [-0.2, 0) is 9.53 Å². The fourth-order valence-electron chi connectivity index (χ4n) is 2.31. The summed E-state index contributed by atoms with van der Waals surface area (Å²) in [5, 5.41) is 17.7. The van der Waals surface area contributed by atoms with Gasteiger partial charge in [-0.25, -0.2) is 4.79 Å². The molecule has 2 amide bonds. The van der Waals surface area contributed by atoms with Gasteiger partial charge in [-0.2, -0.15) is 5.26 Å². The summed E-state index contributed by atoms with van der Waals surface area (Å²) >= 11 is 0. The number of alkyl carbamates (subject to hydrolysis) is 1. The van der Waals surface area contributed by atoms with E-state index in [1.165, 1.54) is 0 Å². The van der Waals surface area contributed by atoms with Crippen LogP contribution in [0.25, 0.3) is 0 Å². The molecule has 0 unspecified atom stereocenters. The molecule has 0 fully saturated rings. The zero-order chi connectivity index (χ0) is 20.6. The van der Waals surface area contributed by atoms with Gasteiger partial charge in [-0.3, -0.25) is 4.79 Å². The molecule has 0 aliphatic carbocycles. The van der Waals surface area contributed by atoms with Crippen LogP contribution in [0.15, 0.2) is 48.5 Å². The van der Waals surface area contributed by atoms with E-state index in [4.69, 9.17) is 10.00 Å². The third-order valence-corrected chi connectivity index (χ3v) is 3.50. The van der Waals surface area contributed by atoms with Gasteiger partial charge in [0.15, 0.2) is 0 Å². The molecule has 7 nitrogen and oxygen atoms in total. The number of amides is 2. The van der Waals surface area contributed by atoms with E-state index in [0.717, 1.165) is 5.69 Å². The van der Waals surface area contributed by atoms with Crippen LogP contribution >= 0.6 is 0 Å². The van der Waals surface area contributed by atoms with E-state index >= 15 is 0 Å². The molecule has 0 radical (unpaired) electrons. The van der Waals surface area contributed by atoms with Gasteiger partial charge in [0.1, 0.15) is 5.60 Å². The van der Waals surface area contributed by atoms with Crippen LogP contribution in [0.5, 0.6) is 0 Å². The molecular formula is C21H24N4O3. The molecule has 0 saturated carbocycles. The number of hydrogen-bond donors (Lipinski definition) is 3. The first-order chi connectivity index (χ1) is 13.3. The number of nitriles is 1.